The smallest absolute Gasteiger partial charge is 0.323 e. The van der Waals surface area contributed by atoms with Gasteiger partial charge < -0.3 is 5.32 Å². The number of sulfonamides is 1. The predicted octanol–water partition coefficient (Wildman–Crippen LogP) is 5.74. The molecule has 0 aliphatic rings. The fourth-order valence-electron chi connectivity index (χ4n) is 3.43. The lowest BCUT2D eigenvalue weighted by molar-refractivity contribution is -0.137. The molecule has 1 N–H and O–H groups in total. The summed E-state index contributed by atoms with van der Waals surface area (Å²) in [6.07, 6.45) is -3.16. The number of hydrogen-bond acceptors (Lipinski definition) is 4. The second-order valence-corrected chi connectivity index (χ2v) is 9.69. The Morgan fingerprint density at radius 3 is 2.40 bits per heavy atom. The molecule has 1 heterocycles. The van der Waals surface area contributed by atoms with Gasteiger partial charge in [-0.3, -0.25) is 14.1 Å². The van der Waals surface area contributed by atoms with Crippen molar-refractivity contribution < 1.29 is 26.4 Å². The SMILES string of the molecule is O=C(CN(c1cccc2cccnc12)S(=O)(=O)c1ccccc1)Nc1cc(C(F)(F)F)ccc1Cl. The summed E-state index contributed by atoms with van der Waals surface area (Å²) >= 11 is 5.98. The van der Waals surface area contributed by atoms with Crippen LogP contribution in [0.25, 0.3) is 10.9 Å². The number of nitrogens with one attached hydrogen (secondary N) is 1. The number of para-hydroxylation sites is 1. The van der Waals surface area contributed by atoms with Crippen molar-refractivity contribution in [1.82, 2.24) is 4.98 Å². The predicted molar refractivity (Wildman–Crippen MR) is 128 cm³/mol. The van der Waals surface area contributed by atoms with E-state index in [9.17, 15) is 26.4 Å². The van der Waals surface area contributed by atoms with E-state index in [1.807, 2.05) is 0 Å². The quantitative estimate of drug-likeness (QED) is 0.352. The van der Waals surface area contributed by atoms with Crippen LogP contribution in [0.2, 0.25) is 5.02 Å². The van der Waals surface area contributed by atoms with Gasteiger partial charge in [0.1, 0.15) is 6.54 Å². The van der Waals surface area contributed by atoms with Gasteiger partial charge in [0.05, 0.1) is 32.4 Å². The lowest BCUT2D eigenvalue weighted by atomic mass is 10.2. The van der Waals surface area contributed by atoms with E-state index in [4.69, 9.17) is 11.6 Å². The number of amides is 1. The molecule has 0 atom stereocenters. The van der Waals surface area contributed by atoms with Crippen LogP contribution in [-0.4, -0.2) is 25.9 Å². The number of fused-ring (bicyclic) bond motifs is 1. The number of alkyl halides is 3. The zero-order chi connectivity index (χ0) is 25.2. The van der Waals surface area contributed by atoms with Crippen LogP contribution in [0.3, 0.4) is 0 Å². The second kappa shape index (κ2) is 9.55. The second-order valence-electron chi connectivity index (χ2n) is 7.42. The molecule has 4 rings (SSSR count). The molecule has 0 aliphatic carbocycles. The van der Waals surface area contributed by atoms with E-state index in [0.717, 1.165) is 16.4 Å². The van der Waals surface area contributed by atoms with Crippen molar-refractivity contribution in [2.24, 2.45) is 0 Å². The summed E-state index contributed by atoms with van der Waals surface area (Å²) in [6, 6.07) is 18.2. The lowest BCUT2D eigenvalue weighted by Crippen LogP contribution is -2.38. The van der Waals surface area contributed by atoms with Crippen molar-refractivity contribution in [1.29, 1.82) is 0 Å². The third-order valence-electron chi connectivity index (χ3n) is 5.07. The third kappa shape index (κ3) is 5.23. The number of carbonyl (C=O) groups is 1. The van der Waals surface area contributed by atoms with Crippen LogP contribution < -0.4 is 9.62 Å². The van der Waals surface area contributed by atoms with E-state index >= 15 is 0 Å². The number of anilines is 2. The molecule has 1 aromatic heterocycles. The number of aromatic nitrogens is 1. The monoisotopic (exact) mass is 519 g/mol. The Hall–Kier alpha value is -3.63. The van der Waals surface area contributed by atoms with Crippen LogP contribution in [0.15, 0.2) is 90.0 Å². The van der Waals surface area contributed by atoms with Gasteiger partial charge in [0, 0.05) is 11.6 Å². The van der Waals surface area contributed by atoms with Gasteiger partial charge in [-0.15, -0.1) is 0 Å². The lowest BCUT2D eigenvalue weighted by Gasteiger charge is -2.25. The van der Waals surface area contributed by atoms with E-state index in [1.54, 1.807) is 30.3 Å². The highest BCUT2D eigenvalue weighted by atomic mass is 35.5. The van der Waals surface area contributed by atoms with Gasteiger partial charge >= 0.3 is 6.18 Å². The van der Waals surface area contributed by atoms with Crippen molar-refractivity contribution in [2.75, 3.05) is 16.2 Å². The van der Waals surface area contributed by atoms with Crippen molar-refractivity contribution in [3.05, 3.63) is 95.6 Å². The zero-order valence-corrected chi connectivity index (χ0v) is 19.4. The van der Waals surface area contributed by atoms with Crippen LogP contribution in [0.5, 0.6) is 0 Å². The number of pyridine rings is 1. The molecule has 0 saturated heterocycles. The third-order valence-corrected chi connectivity index (χ3v) is 7.17. The first-order chi connectivity index (χ1) is 16.6. The van der Waals surface area contributed by atoms with Gasteiger partial charge in [-0.25, -0.2) is 8.42 Å². The van der Waals surface area contributed by atoms with E-state index in [-0.39, 0.29) is 21.3 Å². The number of carbonyl (C=O) groups excluding carboxylic acids is 1. The Morgan fingerprint density at radius 1 is 0.971 bits per heavy atom. The molecule has 3 aromatic carbocycles. The molecule has 0 saturated carbocycles. The molecule has 180 valence electrons. The van der Waals surface area contributed by atoms with Gasteiger partial charge in [-0.05, 0) is 42.5 Å². The number of hydrogen-bond donors (Lipinski definition) is 1. The molecule has 0 aliphatic heterocycles. The molecule has 0 radical (unpaired) electrons. The molecular formula is C24H17ClF3N3O3S. The van der Waals surface area contributed by atoms with Gasteiger partial charge in [0.2, 0.25) is 5.91 Å². The summed E-state index contributed by atoms with van der Waals surface area (Å²) in [5, 5.41) is 2.81. The largest absolute Gasteiger partial charge is 0.416 e. The highest BCUT2D eigenvalue weighted by molar-refractivity contribution is 7.92. The summed E-state index contributed by atoms with van der Waals surface area (Å²) in [7, 11) is -4.25. The van der Waals surface area contributed by atoms with Crippen molar-refractivity contribution in [2.45, 2.75) is 11.1 Å². The molecule has 35 heavy (non-hydrogen) atoms. The normalized spacial score (nSPS) is 11.9. The maximum atomic E-state index is 13.6. The topological polar surface area (TPSA) is 79.4 Å². The maximum Gasteiger partial charge on any atom is 0.416 e. The van der Waals surface area contributed by atoms with Crippen LogP contribution >= 0.6 is 11.6 Å². The maximum absolute atomic E-state index is 13.6. The van der Waals surface area contributed by atoms with E-state index < -0.39 is 34.2 Å². The Labute approximate surface area is 204 Å². The minimum absolute atomic E-state index is 0.0714. The molecular weight excluding hydrogens is 503 g/mol. The summed E-state index contributed by atoms with van der Waals surface area (Å²) in [6.45, 7) is -0.737. The minimum atomic E-state index is -4.65. The summed E-state index contributed by atoms with van der Waals surface area (Å²) < 4.78 is 67.3. The fraction of sp³-hybridized carbons (Fsp3) is 0.0833. The Kier molecular flexibility index (Phi) is 6.68. The summed E-state index contributed by atoms with van der Waals surface area (Å²) in [4.78, 5) is 17.1. The molecule has 6 nitrogen and oxygen atoms in total. The van der Waals surface area contributed by atoms with Crippen LogP contribution in [-0.2, 0) is 21.0 Å². The Bertz CT molecular complexity index is 1490. The van der Waals surface area contributed by atoms with Gasteiger partial charge in [-0.1, -0.05) is 48.0 Å². The van der Waals surface area contributed by atoms with E-state index in [2.05, 4.69) is 10.3 Å². The van der Waals surface area contributed by atoms with Crippen LogP contribution in [0, 0.1) is 0 Å². The summed E-state index contributed by atoms with van der Waals surface area (Å²) in [5.74, 6) is -0.890. The van der Waals surface area contributed by atoms with Gasteiger partial charge in [0.25, 0.3) is 10.0 Å². The van der Waals surface area contributed by atoms with Gasteiger partial charge in [0.15, 0.2) is 0 Å². The number of rotatable bonds is 6. The standard InChI is InChI=1S/C24H17ClF3N3O3S/c25-19-12-11-17(24(26,27)28)14-20(19)30-22(32)15-31(35(33,34)18-8-2-1-3-9-18)21-10-4-6-16-7-5-13-29-23(16)21/h1-14H,15H2,(H,30,32). The molecule has 4 aromatic rings. The molecule has 1 amide bonds. The van der Waals surface area contributed by atoms with Crippen molar-refractivity contribution >= 4 is 49.8 Å². The average molecular weight is 520 g/mol. The minimum Gasteiger partial charge on any atom is -0.323 e. The molecule has 0 bridgehead atoms. The highest BCUT2D eigenvalue weighted by Crippen LogP contribution is 2.34. The number of nitrogens with zero attached hydrogens (tertiary/aromatic N) is 2. The zero-order valence-electron chi connectivity index (χ0n) is 17.8. The van der Waals surface area contributed by atoms with Crippen LogP contribution in [0.4, 0.5) is 24.5 Å². The first kappa shape index (κ1) is 24.5. The van der Waals surface area contributed by atoms with Crippen molar-refractivity contribution in [3.63, 3.8) is 0 Å². The number of halogens is 4. The average Bonchev–Trinajstić information content (AvgIpc) is 2.83. The van der Waals surface area contributed by atoms with Crippen LogP contribution in [0.1, 0.15) is 5.56 Å². The fourth-order valence-corrected chi connectivity index (χ4v) is 5.04. The molecule has 0 unspecified atom stereocenters. The molecule has 0 fully saturated rings. The van der Waals surface area contributed by atoms with Crippen molar-refractivity contribution in [3.8, 4) is 0 Å². The first-order valence-corrected chi connectivity index (χ1v) is 12.0. The summed E-state index contributed by atoms with van der Waals surface area (Å²) in [5.41, 5.74) is -0.833. The molecule has 0 spiro atoms. The van der Waals surface area contributed by atoms with E-state index in [1.165, 1.54) is 36.5 Å². The molecule has 11 heteroatoms. The Balaban J connectivity index is 1.75. The van der Waals surface area contributed by atoms with E-state index in [0.29, 0.717) is 17.0 Å². The van der Waals surface area contributed by atoms with Gasteiger partial charge in [-0.2, -0.15) is 13.2 Å². The number of benzene rings is 3. The highest BCUT2D eigenvalue weighted by Gasteiger charge is 2.32. The Morgan fingerprint density at radius 2 is 1.69 bits per heavy atom. The first-order valence-electron chi connectivity index (χ1n) is 10.2.